The first-order valence-corrected chi connectivity index (χ1v) is 8.80. The van der Waals surface area contributed by atoms with Crippen LogP contribution in [0.5, 0.6) is 0 Å². The second-order valence-corrected chi connectivity index (χ2v) is 6.78. The van der Waals surface area contributed by atoms with Crippen molar-refractivity contribution in [3.05, 3.63) is 69.7 Å². The zero-order chi connectivity index (χ0) is 19.1. The standard InChI is InChI=1S/C20H19Cl2NO3/c1-13(2)15-6-3-14(4-7-15)5-10-20(25)26-12-19(24)23-18-11-16(21)8-9-17(18)22/h3-11,13H,12H2,1-2H3,(H,23,24)/b10-5+. The molecular formula is C20H19Cl2NO3. The summed E-state index contributed by atoms with van der Waals surface area (Å²) in [6.07, 6.45) is 2.92. The largest absolute Gasteiger partial charge is 0.452 e. The summed E-state index contributed by atoms with van der Waals surface area (Å²) in [5.74, 6) is -0.660. The first-order valence-electron chi connectivity index (χ1n) is 8.05. The third-order valence-electron chi connectivity index (χ3n) is 3.56. The van der Waals surface area contributed by atoms with Crippen LogP contribution in [-0.2, 0) is 14.3 Å². The Hall–Kier alpha value is -2.30. The van der Waals surface area contributed by atoms with Crippen LogP contribution in [0.1, 0.15) is 30.9 Å². The molecule has 0 unspecified atom stereocenters. The molecular weight excluding hydrogens is 373 g/mol. The van der Waals surface area contributed by atoms with Crippen molar-refractivity contribution in [2.75, 3.05) is 11.9 Å². The molecule has 1 amide bonds. The van der Waals surface area contributed by atoms with Gasteiger partial charge in [0.15, 0.2) is 6.61 Å². The Morgan fingerprint density at radius 2 is 1.81 bits per heavy atom. The molecule has 0 radical (unpaired) electrons. The molecule has 0 aliphatic rings. The van der Waals surface area contributed by atoms with Crippen LogP contribution < -0.4 is 5.32 Å². The molecule has 0 aromatic heterocycles. The monoisotopic (exact) mass is 391 g/mol. The van der Waals surface area contributed by atoms with Gasteiger partial charge < -0.3 is 10.1 Å². The number of rotatable bonds is 6. The van der Waals surface area contributed by atoms with Crippen LogP contribution in [0.3, 0.4) is 0 Å². The SMILES string of the molecule is CC(C)c1ccc(/C=C/C(=O)OCC(=O)Nc2cc(Cl)ccc2Cl)cc1. The lowest BCUT2D eigenvalue weighted by atomic mass is 10.0. The van der Waals surface area contributed by atoms with Crippen LogP contribution in [-0.4, -0.2) is 18.5 Å². The number of hydrogen-bond acceptors (Lipinski definition) is 3. The van der Waals surface area contributed by atoms with E-state index >= 15 is 0 Å². The molecule has 6 heteroatoms. The minimum atomic E-state index is -0.606. The van der Waals surface area contributed by atoms with Gasteiger partial charge in [0.1, 0.15) is 0 Å². The Kier molecular flexibility index (Phi) is 7.25. The Labute approximate surface area is 162 Å². The number of esters is 1. The molecule has 0 saturated carbocycles. The smallest absolute Gasteiger partial charge is 0.331 e. The Balaban J connectivity index is 1.84. The molecule has 0 spiro atoms. The molecule has 136 valence electrons. The van der Waals surface area contributed by atoms with Crippen molar-refractivity contribution in [2.45, 2.75) is 19.8 Å². The number of nitrogens with one attached hydrogen (secondary N) is 1. The normalized spacial score (nSPS) is 11.0. The fourth-order valence-corrected chi connectivity index (χ4v) is 2.46. The highest BCUT2D eigenvalue weighted by atomic mass is 35.5. The fraction of sp³-hybridized carbons (Fsp3) is 0.200. The molecule has 2 aromatic carbocycles. The van der Waals surface area contributed by atoms with Crippen LogP contribution in [0.2, 0.25) is 10.0 Å². The van der Waals surface area contributed by atoms with E-state index in [0.29, 0.717) is 21.7 Å². The zero-order valence-corrected chi connectivity index (χ0v) is 16.0. The van der Waals surface area contributed by atoms with Gasteiger partial charge in [0, 0.05) is 11.1 Å². The third kappa shape index (κ3) is 6.21. The summed E-state index contributed by atoms with van der Waals surface area (Å²) >= 11 is 11.8. The van der Waals surface area contributed by atoms with Gasteiger partial charge in [0.2, 0.25) is 0 Å². The van der Waals surface area contributed by atoms with Crippen molar-refractivity contribution in [2.24, 2.45) is 0 Å². The van der Waals surface area contributed by atoms with Crippen LogP contribution in [0.25, 0.3) is 6.08 Å². The molecule has 0 fully saturated rings. The van der Waals surface area contributed by atoms with E-state index < -0.39 is 18.5 Å². The molecule has 0 atom stereocenters. The molecule has 0 heterocycles. The second kappa shape index (κ2) is 9.41. The van der Waals surface area contributed by atoms with Gasteiger partial charge in [-0.05, 0) is 41.3 Å². The number of ether oxygens (including phenoxy) is 1. The summed E-state index contributed by atoms with van der Waals surface area (Å²) in [6.45, 7) is 3.81. The number of carbonyl (C=O) groups excluding carboxylic acids is 2. The van der Waals surface area contributed by atoms with E-state index in [1.54, 1.807) is 18.2 Å². The summed E-state index contributed by atoms with van der Waals surface area (Å²) < 4.78 is 4.92. The Bertz CT molecular complexity index is 814. The lowest BCUT2D eigenvalue weighted by Gasteiger charge is -2.07. The van der Waals surface area contributed by atoms with E-state index in [1.165, 1.54) is 17.7 Å². The Morgan fingerprint density at radius 3 is 2.46 bits per heavy atom. The molecule has 0 saturated heterocycles. The third-order valence-corrected chi connectivity index (χ3v) is 4.13. The van der Waals surface area contributed by atoms with E-state index in [1.807, 2.05) is 24.3 Å². The highest BCUT2D eigenvalue weighted by Crippen LogP contribution is 2.25. The van der Waals surface area contributed by atoms with Gasteiger partial charge in [0.25, 0.3) is 5.91 Å². The fourth-order valence-electron chi connectivity index (χ4n) is 2.12. The molecule has 2 rings (SSSR count). The van der Waals surface area contributed by atoms with Crippen molar-refractivity contribution in [3.8, 4) is 0 Å². The van der Waals surface area contributed by atoms with E-state index in [0.717, 1.165) is 5.56 Å². The van der Waals surface area contributed by atoms with Crippen LogP contribution >= 0.6 is 23.2 Å². The summed E-state index contributed by atoms with van der Waals surface area (Å²) in [4.78, 5) is 23.6. The average Bonchev–Trinajstić information content (AvgIpc) is 2.61. The number of hydrogen-bond donors (Lipinski definition) is 1. The molecule has 0 aliphatic carbocycles. The van der Waals surface area contributed by atoms with Crippen LogP contribution in [0.4, 0.5) is 5.69 Å². The topological polar surface area (TPSA) is 55.4 Å². The first-order chi connectivity index (χ1) is 12.3. The molecule has 1 N–H and O–H groups in total. The van der Waals surface area contributed by atoms with Crippen molar-refractivity contribution in [1.82, 2.24) is 0 Å². The van der Waals surface area contributed by atoms with Gasteiger partial charge in [-0.2, -0.15) is 0 Å². The average molecular weight is 392 g/mol. The lowest BCUT2D eigenvalue weighted by molar-refractivity contribution is -0.142. The van der Waals surface area contributed by atoms with Gasteiger partial charge >= 0.3 is 5.97 Å². The first kappa shape index (κ1) is 20.0. The molecule has 2 aromatic rings. The predicted octanol–water partition coefficient (Wildman–Crippen LogP) is 5.31. The van der Waals surface area contributed by atoms with Crippen LogP contribution in [0.15, 0.2) is 48.5 Å². The maximum Gasteiger partial charge on any atom is 0.331 e. The second-order valence-electron chi connectivity index (χ2n) is 5.93. The maximum absolute atomic E-state index is 11.8. The molecule has 26 heavy (non-hydrogen) atoms. The Morgan fingerprint density at radius 1 is 1.12 bits per heavy atom. The number of carbonyl (C=O) groups is 2. The summed E-state index contributed by atoms with van der Waals surface area (Å²) in [5, 5.41) is 3.32. The van der Waals surface area contributed by atoms with E-state index in [2.05, 4.69) is 19.2 Å². The molecule has 0 bridgehead atoms. The van der Waals surface area contributed by atoms with Crippen molar-refractivity contribution in [1.29, 1.82) is 0 Å². The predicted molar refractivity (Wildman–Crippen MR) is 106 cm³/mol. The maximum atomic E-state index is 11.8. The number of benzene rings is 2. The van der Waals surface area contributed by atoms with Gasteiger partial charge in [-0.25, -0.2) is 4.79 Å². The minimum absolute atomic E-state index is 0.346. The summed E-state index contributed by atoms with van der Waals surface area (Å²) in [5.41, 5.74) is 2.46. The van der Waals surface area contributed by atoms with Gasteiger partial charge in [-0.15, -0.1) is 0 Å². The number of amides is 1. The number of anilines is 1. The van der Waals surface area contributed by atoms with E-state index in [4.69, 9.17) is 27.9 Å². The van der Waals surface area contributed by atoms with E-state index in [-0.39, 0.29) is 0 Å². The van der Waals surface area contributed by atoms with Crippen LogP contribution in [0, 0.1) is 0 Å². The van der Waals surface area contributed by atoms with E-state index in [9.17, 15) is 9.59 Å². The summed E-state index contributed by atoms with van der Waals surface area (Å²) in [6, 6.07) is 12.6. The van der Waals surface area contributed by atoms with Gasteiger partial charge in [-0.1, -0.05) is 61.3 Å². The van der Waals surface area contributed by atoms with Gasteiger partial charge in [-0.3, -0.25) is 4.79 Å². The van der Waals surface area contributed by atoms with Crippen molar-refractivity contribution < 1.29 is 14.3 Å². The lowest BCUT2D eigenvalue weighted by Crippen LogP contribution is -2.20. The zero-order valence-electron chi connectivity index (χ0n) is 14.5. The quantitative estimate of drug-likeness (QED) is 0.535. The number of halogens is 2. The van der Waals surface area contributed by atoms with Crippen molar-refractivity contribution >= 4 is 46.8 Å². The van der Waals surface area contributed by atoms with Gasteiger partial charge in [0.05, 0.1) is 10.7 Å². The highest BCUT2D eigenvalue weighted by molar-refractivity contribution is 6.35. The molecule has 0 aliphatic heterocycles. The van der Waals surface area contributed by atoms with Crippen molar-refractivity contribution in [3.63, 3.8) is 0 Å². The minimum Gasteiger partial charge on any atom is -0.452 e. The highest BCUT2D eigenvalue weighted by Gasteiger charge is 2.09. The molecule has 4 nitrogen and oxygen atoms in total. The summed E-state index contributed by atoms with van der Waals surface area (Å²) in [7, 11) is 0.